The number of aryl methyl sites for hydroxylation is 1. The van der Waals surface area contributed by atoms with Gasteiger partial charge in [0.1, 0.15) is 12.1 Å². The molecule has 3 nitrogen and oxygen atoms in total. The van der Waals surface area contributed by atoms with Crippen LogP contribution in [-0.4, -0.2) is 18.1 Å². The van der Waals surface area contributed by atoms with E-state index < -0.39 is 23.3 Å². The van der Waals surface area contributed by atoms with Crippen LogP contribution in [0.4, 0.5) is 18.9 Å². The number of halogens is 3. The molecule has 112 valence electrons. The zero-order valence-corrected chi connectivity index (χ0v) is 11.9. The number of nitrogens with one attached hydrogen (secondary N) is 1. The second kappa shape index (κ2) is 5.73. The Labute approximate surface area is 116 Å². The zero-order chi connectivity index (χ0) is 15.6. The first-order valence-corrected chi connectivity index (χ1v) is 6.12. The van der Waals surface area contributed by atoms with Gasteiger partial charge in [0.15, 0.2) is 0 Å². The first kappa shape index (κ1) is 16.3. The highest BCUT2D eigenvalue weighted by molar-refractivity contribution is 5.75. The number of rotatable bonds is 3. The maximum Gasteiger partial charge on any atom is 0.416 e. The largest absolute Gasteiger partial charge is 0.459 e. The molecule has 0 radical (unpaired) electrons. The number of alkyl halides is 3. The Morgan fingerprint density at radius 1 is 1.25 bits per heavy atom. The molecular weight excluding hydrogens is 271 g/mol. The minimum atomic E-state index is -4.41. The van der Waals surface area contributed by atoms with Crippen molar-refractivity contribution in [3.63, 3.8) is 0 Å². The molecule has 1 aromatic carbocycles. The summed E-state index contributed by atoms with van der Waals surface area (Å²) in [5.74, 6) is -0.522. The van der Waals surface area contributed by atoms with E-state index in [-0.39, 0.29) is 17.8 Å². The van der Waals surface area contributed by atoms with Crippen molar-refractivity contribution in [1.82, 2.24) is 0 Å². The second-order valence-corrected chi connectivity index (χ2v) is 5.47. The number of esters is 1. The third kappa shape index (κ3) is 5.11. The first-order chi connectivity index (χ1) is 8.99. The summed E-state index contributed by atoms with van der Waals surface area (Å²) in [6.45, 7) is 6.37. The average molecular weight is 289 g/mol. The smallest absolute Gasteiger partial charge is 0.416 e. The van der Waals surface area contributed by atoms with E-state index in [4.69, 9.17) is 4.74 Å². The van der Waals surface area contributed by atoms with Gasteiger partial charge >= 0.3 is 12.1 Å². The summed E-state index contributed by atoms with van der Waals surface area (Å²) in [6, 6.07) is 3.84. The molecular formula is C14H18F3NO2. The summed E-state index contributed by atoms with van der Waals surface area (Å²) in [5, 5.41) is 2.63. The number of carbonyl (C=O) groups is 1. The summed E-state index contributed by atoms with van der Waals surface area (Å²) in [7, 11) is 0. The van der Waals surface area contributed by atoms with Crippen LogP contribution in [0.2, 0.25) is 0 Å². The molecule has 6 heteroatoms. The van der Waals surface area contributed by atoms with Gasteiger partial charge in [-0.1, -0.05) is 6.07 Å². The van der Waals surface area contributed by atoms with Crippen molar-refractivity contribution in [2.45, 2.75) is 39.5 Å². The van der Waals surface area contributed by atoms with Gasteiger partial charge in [0.2, 0.25) is 0 Å². The van der Waals surface area contributed by atoms with Crippen molar-refractivity contribution in [3.8, 4) is 0 Å². The monoisotopic (exact) mass is 289 g/mol. The summed E-state index contributed by atoms with van der Waals surface area (Å²) in [6.07, 6.45) is -4.41. The minimum absolute atomic E-state index is 0.139. The Balaban J connectivity index is 2.73. The van der Waals surface area contributed by atoms with Crippen molar-refractivity contribution in [3.05, 3.63) is 29.3 Å². The van der Waals surface area contributed by atoms with E-state index in [1.165, 1.54) is 19.1 Å². The van der Waals surface area contributed by atoms with Gasteiger partial charge in [-0.15, -0.1) is 0 Å². The number of hydrogen-bond acceptors (Lipinski definition) is 3. The van der Waals surface area contributed by atoms with Crippen LogP contribution >= 0.6 is 0 Å². The summed E-state index contributed by atoms with van der Waals surface area (Å²) in [4.78, 5) is 11.5. The molecule has 0 amide bonds. The van der Waals surface area contributed by atoms with E-state index in [1.54, 1.807) is 20.8 Å². The molecule has 1 aromatic rings. The Morgan fingerprint density at radius 2 is 1.85 bits per heavy atom. The molecule has 0 atom stereocenters. The fourth-order valence-electron chi connectivity index (χ4n) is 1.59. The highest BCUT2D eigenvalue weighted by atomic mass is 19.4. The Morgan fingerprint density at radius 3 is 2.35 bits per heavy atom. The quantitative estimate of drug-likeness (QED) is 0.861. The highest BCUT2D eigenvalue weighted by Crippen LogP contribution is 2.33. The number of anilines is 1. The van der Waals surface area contributed by atoms with E-state index in [0.717, 1.165) is 6.07 Å². The lowest BCUT2D eigenvalue weighted by atomic mass is 10.1. The lowest BCUT2D eigenvalue weighted by Crippen LogP contribution is -2.28. The molecule has 0 saturated carbocycles. The molecule has 0 aliphatic rings. The van der Waals surface area contributed by atoms with E-state index in [2.05, 4.69) is 5.32 Å². The summed E-state index contributed by atoms with van der Waals surface area (Å²) < 4.78 is 43.2. The summed E-state index contributed by atoms with van der Waals surface area (Å²) in [5.41, 5.74) is -0.968. The molecule has 0 bridgehead atoms. The van der Waals surface area contributed by atoms with Gasteiger partial charge in [-0.3, -0.25) is 4.79 Å². The zero-order valence-electron chi connectivity index (χ0n) is 11.9. The van der Waals surface area contributed by atoms with Crippen molar-refractivity contribution in [2.75, 3.05) is 11.9 Å². The number of ether oxygens (including phenoxy) is 1. The Bertz CT molecular complexity index is 490. The fourth-order valence-corrected chi connectivity index (χ4v) is 1.59. The van der Waals surface area contributed by atoms with Crippen LogP contribution < -0.4 is 5.32 Å². The second-order valence-electron chi connectivity index (χ2n) is 5.47. The fraction of sp³-hybridized carbons (Fsp3) is 0.500. The van der Waals surface area contributed by atoms with E-state index in [9.17, 15) is 18.0 Å². The van der Waals surface area contributed by atoms with Crippen LogP contribution in [0.25, 0.3) is 0 Å². The van der Waals surface area contributed by atoms with Gasteiger partial charge in [0.05, 0.1) is 5.56 Å². The molecule has 0 heterocycles. The Kier molecular flexibility index (Phi) is 4.68. The van der Waals surface area contributed by atoms with Gasteiger partial charge in [-0.2, -0.15) is 13.2 Å². The topological polar surface area (TPSA) is 38.3 Å². The predicted octanol–water partition coefficient (Wildman–Crippen LogP) is 3.77. The SMILES string of the molecule is Cc1ccc(NCC(=O)OC(C)(C)C)cc1C(F)(F)F. The number of carbonyl (C=O) groups excluding carboxylic acids is 1. The molecule has 20 heavy (non-hydrogen) atoms. The van der Waals surface area contributed by atoms with E-state index in [1.807, 2.05) is 0 Å². The van der Waals surface area contributed by atoms with Crippen LogP contribution in [0.15, 0.2) is 18.2 Å². The van der Waals surface area contributed by atoms with Gasteiger partial charge in [0.25, 0.3) is 0 Å². The van der Waals surface area contributed by atoms with E-state index in [0.29, 0.717) is 0 Å². The van der Waals surface area contributed by atoms with Crippen LogP contribution in [0.5, 0.6) is 0 Å². The molecule has 0 aliphatic carbocycles. The number of benzene rings is 1. The maximum absolute atomic E-state index is 12.7. The van der Waals surface area contributed by atoms with Crippen LogP contribution in [0.3, 0.4) is 0 Å². The van der Waals surface area contributed by atoms with Crippen molar-refractivity contribution in [2.24, 2.45) is 0 Å². The lowest BCUT2D eigenvalue weighted by Gasteiger charge is -2.20. The van der Waals surface area contributed by atoms with Crippen LogP contribution in [0.1, 0.15) is 31.9 Å². The highest BCUT2D eigenvalue weighted by Gasteiger charge is 2.32. The van der Waals surface area contributed by atoms with Gasteiger partial charge < -0.3 is 10.1 Å². The molecule has 1 N–H and O–H groups in total. The first-order valence-electron chi connectivity index (χ1n) is 6.12. The average Bonchev–Trinajstić information content (AvgIpc) is 2.24. The normalized spacial score (nSPS) is 12.2. The van der Waals surface area contributed by atoms with E-state index >= 15 is 0 Å². The van der Waals surface area contributed by atoms with Gasteiger partial charge in [-0.05, 0) is 45.4 Å². The molecule has 0 aliphatic heterocycles. The molecule has 0 aromatic heterocycles. The summed E-state index contributed by atoms with van der Waals surface area (Å²) >= 11 is 0. The third-order valence-corrected chi connectivity index (χ3v) is 2.40. The Hall–Kier alpha value is -1.72. The molecule has 0 unspecified atom stereocenters. The van der Waals surface area contributed by atoms with Gasteiger partial charge in [-0.25, -0.2) is 0 Å². The van der Waals surface area contributed by atoms with Gasteiger partial charge in [0, 0.05) is 5.69 Å². The van der Waals surface area contributed by atoms with Crippen LogP contribution in [-0.2, 0) is 15.7 Å². The lowest BCUT2D eigenvalue weighted by molar-refractivity contribution is -0.152. The molecule has 1 rings (SSSR count). The third-order valence-electron chi connectivity index (χ3n) is 2.40. The molecule has 0 spiro atoms. The standard InChI is InChI=1S/C14H18F3NO2/c1-9-5-6-10(7-11(9)14(15,16)17)18-8-12(19)20-13(2,3)4/h5-7,18H,8H2,1-4H3. The van der Waals surface area contributed by atoms with Crippen molar-refractivity contribution in [1.29, 1.82) is 0 Å². The minimum Gasteiger partial charge on any atom is -0.459 e. The van der Waals surface area contributed by atoms with Crippen molar-refractivity contribution < 1.29 is 22.7 Å². The molecule has 0 fully saturated rings. The maximum atomic E-state index is 12.7. The molecule has 0 saturated heterocycles. The number of hydrogen-bond donors (Lipinski definition) is 1. The van der Waals surface area contributed by atoms with Crippen LogP contribution in [0, 0.1) is 6.92 Å². The van der Waals surface area contributed by atoms with Crippen molar-refractivity contribution >= 4 is 11.7 Å². The predicted molar refractivity (Wildman–Crippen MR) is 70.5 cm³/mol.